The Labute approximate surface area is 187 Å². The molecule has 0 saturated heterocycles. The molecule has 1 unspecified atom stereocenters. The van der Waals surface area contributed by atoms with Gasteiger partial charge in [-0.25, -0.2) is 9.99 Å². The van der Waals surface area contributed by atoms with Crippen LogP contribution in [0.1, 0.15) is 28.5 Å². The molecule has 0 fully saturated rings. The summed E-state index contributed by atoms with van der Waals surface area (Å²) in [6, 6.07) is 17.8. The zero-order valence-corrected chi connectivity index (χ0v) is 18.5. The highest BCUT2D eigenvalue weighted by molar-refractivity contribution is 7.14. The SMILES string of the molecule is Cc1ccc(C2CC(c3cccs3)=NN2c2nc(-c3cc(Cl)ccc3O)cs2)cc1. The molecule has 4 nitrogen and oxygen atoms in total. The summed E-state index contributed by atoms with van der Waals surface area (Å²) in [4.78, 5) is 5.98. The third kappa shape index (κ3) is 3.62. The Balaban J connectivity index is 1.55. The predicted octanol–water partition coefficient (Wildman–Crippen LogP) is 6.89. The van der Waals surface area contributed by atoms with Crippen LogP contribution in [-0.2, 0) is 0 Å². The summed E-state index contributed by atoms with van der Waals surface area (Å²) in [6.07, 6.45) is 0.820. The number of phenols is 1. The van der Waals surface area contributed by atoms with E-state index in [0.717, 1.165) is 17.3 Å². The van der Waals surface area contributed by atoms with E-state index in [-0.39, 0.29) is 11.8 Å². The molecule has 3 heterocycles. The minimum absolute atomic E-state index is 0.0784. The van der Waals surface area contributed by atoms with Gasteiger partial charge < -0.3 is 5.11 Å². The van der Waals surface area contributed by atoms with Gasteiger partial charge in [0, 0.05) is 22.4 Å². The number of rotatable bonds is 4. The number of hydrogen-bond acceptors (Lipinski definition) is 6. The minimum Gasteiger partial charge on any atom is -0.507 e. The van der Waals surface area contributed by atoms with E-state index in [0.29, 0.717) is 16.3 Å². The van der Waals surface area contributed by atoms with Crippen molar-refractivity contribution in [1.82, 2.24) is 4.98 Å². The van der Waals surface area contributed by atoms with Gasteiger partial charge >= 0.3 is 0 Å². The van der Waals surface area contributed by atoms with Crippen molar-refractivity contribution < 1.29 is 5.11 Å². The molecule has 5 rings (SSSR count). The maximum atomic E-state index is 10.3. The van der Waals surface area contributed by atoms with Gasteiger partial charge in [0.2, 0.25) is 5.13 Å². The van der Waals surface area contributed by atoms with E-state index in [1.807, 2.05) is 10.4 Å². The Morgan fingerprint density at radius 1 is 1.10 bits per heavy atom. The van der Waals surface area contributed by atoms with Gasteiger partial charge in [-0.1, -0.05) is 47.5 Å². The lowest BCUT2D eigenvalue weighted by molar-refractivity contribution is 0.477. The molecule has 0 spiro atoms. The van der Waals surface area contributed by atoms with Crippen LogP contribution in [-0.4, -0.2) is 15.8 Å². The molecule has 2 aromatic heterocycles. The van der Waals surface area contributed by atoms with E-state index in [1.165, 1.54) is 27.3 Å². The van der Waals surface area contributed by atoms with Crippen molar-refractivity contribution in [3.63, 3.8) is 0 Å². The predicted molar refractivity (Wildman–Crippen MR) is 126 cm³/mol. The molecule has 0 aliphatic carbocycles. The zero-order chi connectivity index (χ0) is 20.7. The smallest absolute Gasteiger partial charge is 0.207 e. The first-order chi connectivity index (χ1) is 14.6. The first kappa shape index (κ1) is 19.3. The quantitative estimate of drug-likeness (QED) is 0.367. The number of benzene rings is 2. The van der Waals surface area contributed by atoms with Crippen LogP contribution in [0.3, 0.4) is 0 Å². The normalized spacial score (nSPS) is 16.1. The number of aromatic nitrogens is 1. The first-order valence-electron chi connectivity index (χ1n) is 9.50. The summed E-state index contributed by atoms with van der Waals surface area (Å²) in [5, 5.41) is 22.6. The standard InChI is InChI=1S/C23H18ClN3OS2/c1-14-4-6-15(7-5-14)20-12-18(22-3-2-10-29-22)26-27(20)23-25-19(13-30-23)17-11-16(24)8-9-21(17)28/h2-11,13,20,28H,12H2,1H3. The molecule has 0 bridgehead atoms. The highest BCUT2D eigenvalue weighted by atomic mass is 35.5. The van der Waals surface area contributed by atoms with Gasteiger partial charge in [0.1, 0.15) is 5.75 Å². The molecule has 2 aromatic carbocycles. The van der Waals surface area contributed by atoms with E-state index in [9.17, 15) is 5.11 Å². The second-order valence-electron chi connectivity index (χ2n) is 7.18. The van der Waals surface area contributed by atoms with Gasteiger partial charge in [0.15, 0.2) is 0 Å². The van der Waals surface area contributed by atoms with Crippen LogP contribution in [0, 0.1) is 6.92 Å². The Bertz CT molecular complexity index is 1220. The van der Waals surface area contributed by atoms with Crippen LogP contribution < -0.4 is 5.01 Å². The fourth-order valence-corrected chi connectivity index (χ4v) is 5.25. The summed E-state index contributed by atoms with van der Waals surface area (Å²) in [6.45, 7) is 2.09. The number of halogens is 1. The number of hydrogen-bond donors (Lipinski definition) is 1. The minimum atomic E-state index is 0.0784. The highest BCUT2D eigenvalue weighted by Gasteiger charge is 2.32. The molecular formula is C23H18ClN3OS2. The molecule has 0 radical (unpaired) electrons. The number of thiazole rings is 1. The van der Waals surface area contributed by atoms with Gasteiger partial charge in [-0.3, -0.25) is 0 Å². The first-order valence-corrected chi connectivity index (χ1v) is 11.6. The number of aromatic hydroxyl groups is 1. The molecule has 1 atom stereocenters. The number of phenolic OH excluding ortho intramolecular Hbond substituents is 1. The van der Waals surface area contributed by atoms with Crippen LogP contribution in [0.15, 0.2) is 70.5 Å². The lowest BCUT2D eigenvalue weighted by Crippen LogP contribution is -2.18. The molecule has 0 saturated carbocycles. The molecule has 0 amide bonds. The number of anilines is 1. The van der Waals surface area contributed by atoms with Crippen molar-refractivity contribution in [1.29, 1.82) is 0 Å². The lowest BCUT2D eigenvalue weighted by atomic mass is 10.0. The number of thiophene rings is 1. The highest BCUT2D eigenvalue weighted by Crippen LogP contribution is 2.41. The van der Waals surface area contributed by atoms with Gasteiger partial charge in [0.25, 0.3) is 0 Å². The maximum Gasteiger partial charge on any atom is 0.207 e. The van der Waals surface area contributed by atoms with Crippen molar-refractivity contribution in [2.45, 2.75) is 19.4 Å². The van der Waals surface area contributed by atoms with Crippen molar-refractivity contribution in [3.8, 4) is 17.0 Å². The summed E-state index contributed by atoms with van der Waals surface area (Å²) in [7, 11) is 0. The number of aryl methyl sites for hydroxylation is 1. The second-order valence-corrected chi connectivity index (χ2v) is 9.40. The van der Waals surface area contributed by atoms with Crippen LogP contribution in [0.25, 0.3) is 11.3 Å². The summed E-state index contributed by atoms with van der Waals surface area (Å²) in [5.74, 6) is 0.163. The summed E-state index contributed by atoms with van der Waals surface area (Å²) >= 11 is 9.34. The number of hydrazone groups is 1. The van der Waals surface area contributed by atoms with Gasteiger partial charge in [-0.15, -0.1) is 22.7 Å². The molecule has 1 aliphatic heterocycles. The van der Waals surface area contributed by atoms with Gasteiger partial charge in [-0.2, -0.15) is 5.10 Å². The average Bonchev–Trinajstić information content (AvgIpc) is 3.50. The second kappa shape index (κ2) is 7.87. The van der Waals surface area contributed by atoms with Crippen molar-refractivity contribution in [3.05, 3.63) is 86.4 Å². The van der Waals surface area contributed by atoms with Crippen LogP contribution in [0.4, 0.5) is 5.13 Å². The third-order valence-electron chi connectivity index (χ3n) is 5.10. The van der Waals surface area contributed by atoms with Gasteiger partial charge in [0.05, 0.1) is 22.3 Å². The van der Waals surface area contributed by atoms with Crippen LogP contribution >= 0.6 is 34.3 Å². The van der Waals surface area contributed by atoms with Crippen LogP contribution in [0.5, 0.6) is 5.75 Å². The molecule has 4 aromatic rings. The summed E-state index contributed by atoms with van der Waals surface area (Å²) < 4.78 is 0. The maximum absolute atomic E-state index is 10.3. The molecule has 7 heteroatoms. The third-order valence-corrected chi connectivity index (χ3v) is 7.08. The Morgan fingerprint density at radius 3 is 2.70 bits per heavy atom. The van der Waals surface area contributed by atoms with E-state index in [4.69, 9.17) is 21.7 Å². The van der Waals surface area contributed by atoms with E-state index in [2.05, 4.69) is 48.7 Å². The fourth-order valence-electron chi connectivity index (χ4n) is 3.53. The molecule has 1 aliphatic rings. The van der Waals surface area contributed by atoms with Crippen molar-refractivity contribution in [2.24, 2.45) is 5.10 Å². The Hall–Kier alpha value is -2.67. The molecule has 150 valence electrons. The van der Waals surface area contributed by atoms with Crippen LogP contribution in [0.2, 0.25) is 5.02 Å². The molecule has 30 heavy (non-hydrogen) atoms. The number of nitrogens with zero attached hydrogens (tertiary/aromatic N) is 3. The lowest BCUT2D eigenvalue weighted by Gasteiger charge is -2.21. The van der Waals surface area contributed by atoms with E-state index in [1.54, 1.807) is 29.5 Å². The van der Waals surface area contributed by atoms with Crippen molar-refractivity contribution >= 4 is 45.1 Å². The Kier molecular flexibility index (Phi) is 5.06. The van der Waals surface area contributed by atoms with Crippen molar-refractivity contribution in [2.75, 3.05) is 5.01 Å². The van der Waals surface area contributed by atoms with E-state index >= 15 is 0 Å². The zero-order valence-electron chi connectivity index (χ0n) is 16.1. The molecular weight excluding hydrogens is 434 g/mol. The van der Waals surface area contributed by atoms with E-state index < -0.39 is 0 Å². The average molecular weight is 452 g/mol. The van der Waals surface area contributed by atoms with Gasteiger partial charge in [-0.05, 0) is 42.1 Å². The largest absolute Gasteiger partial charge is 0.507 e. The topological polar surface area (TPSA) is 48.7 Å². The summed E-state index contributed by atoms with van der Waals surface area (Å²) in [5.41, 5.74) is 4.82. The Morgan fingerprint density at radius 2 is 1.93 bits per heavy atom. The monoisotopic (exact) mass is 451 g/mol. The molecule has 1 N–H and O–H groups in total. The fraction of sp³-hybridized carbons (Fsp3) is 0.130.